The Kier molecular flexibility index (Phi) is 12.7. The molecule has 0 aromatic rings. The number of aliphatic hydroxyl groups excluding tert-OH is 2. The molecule has 1 rings (SSSR count). The number of hydrogen-bond acceptors (Lipinski definition) is 4. The molecule has 34 heavy (non-hydrogen) atoms. The fraction of sp³-hybridized carbons (Fsp3) is 0.700. The van der Waals surface area contributed by atoms with Crippen LogP contribution in [0.15, 0.2) is 46.1 Å². The Balaban J connectivity index is 2.85. The number of allylic oxidation sites excluding steroid dienone is 6. The molecule has 4 atom stereocenters. The molecule has 0 spiro atoms. The van der Waals surface area contributed by atoms with Crippen LogP contribution in [-0.4, -0.2) is 39.9 Å². The summed E-state index contributed by atoms with van der Waals surface area (Å²) in [6.45, 7) is 14.4. The highest BCUT2D eigenvalue weighted by molar-refractivity contribution is 5.74. The summed E-state index contributed by atoms with van der Waals surface area (Å²) in [5.41, 5.74) is 4.46. The van der Waals surface area contributed by atoms with Crippen molar-refractivity contribution in [3.63, 3.8) is 0 Å². The van der Waals surface area contributed by atoms with Crippen molar-refractivity contribution < 1.29 is 20.1 Å². The second-order valence-electron chi connectivity index (χ2n) is 11.1. The number of carbonyl (C=O) groups is 1. The van der Waals surface area contributed by atoms with Gasteiger partial charge in [0.25, 0.3) is 0 Å². The van der Waals surface area contributed by atoms with E-state index in [1.807, 2.05) is 33.8 Å². The molecule has 0 aliphatic heterocycles. The largest absolute Gasteiger partial charge is 0.396 e. The quantitative estimate of drug-likeness (QED) is 0.159. The third-order valence-corrected chi connectivity index (χ3v) is 7.88. The molecule has 4 nitrogen and oxygen atoms in total. The second kappa shape index (κ2) is 14.2. The molecule has 3 N–H and O–H groups in total. The van der Waals surface area contributed by atoms with Gasteiger partial charge in [-0.1, -0.05) is 47.4 Å². The van der Waals surface area contributed by atoms with Crippen LogP contribution in [0, 0.1) is 11.3 Å². The van der Waals surface area contributed by atoms with Gasteiger partial charge in [0.1, 0.15) is 6.29 Å². The van der Waals surface area contributed by atoms with E-state index in [0.717, 1.165) is 61.5 Å². The van der Waals surface area contributed by atoms with E-state index in [1.54, 1.807) is 0 Å². The second-order valence-corrected chi connectivity index (χ2v) is 11.1. The van der Waals surface area contributed by atoms with Crippen LogP contribution >= 0.6 is 0 Å². The van der Waals surface area contributed by atoms with Crippen molar-refractivity contribution in [3.05, 3.63) is 46.1 Å². The van der Waals surface area contributed by atoms with Crippen molar-refractivity contribution >= 4 is 6.29 Å². The third-order valence-electron chi connectivity index (χ3n) is 7.88. The van der Waals surface area contributed by atoms with Gasteiger partial charge in [0, 0.05) is 12.0 Å². The van der Waals surface area contributed by atoms with Crippen molar-refractivity contribution in [3.8, 4) is 0 Å². The lowest BCUT2D eigenvalue weighted by molar-refractivity contribution is -0.115. The van der Waals surface area contributed by atoms with Crippen LogP contribution in [-0.2, 0) is 4.79 Å². The summed E-state index contributed by atoms with van der Waals surface area (Å²) < 4.78 is 0. The van der Waals surface area contributed by atoms with Crippen molar-refractivity contribution in [2.75, 3.05) is 6.61 Å². The average Bonchev–Trinajstić information content (AvgIpc) is 2.73. The van der Waals surface area contributed by atoms with E-state index in [-0.39, 0.29) is 17.9 Å². The molecule has 1 saturated carbocycles. The summed E-state index contributed by atoms with van der Waals surface area (Å²) >= 11 is 0. The third kappa shape index (κ3) is 8.94. The zero-order valence-corrected chi connectivity index (χ0v) is 22.8. The zero-order valence-electron chi connectivity index (χ0n) is 22.8. The van der Waals surface area contributed by atoms with Gasteiger partial charge in [-0.15, -0.1) is 0 Å². The molecular weight excluding hydrogens is 424 g/mol. The lowest BCUT2D eigenvalue weighted by Gasteiger charge is -2.53. The van der Waals surface area contributed by atoms with Crippen LogP contribution in [0.3, 0.4) is 0 Å². The van der Waals surface area contributed by atoms with Gasteiger partial charge < -0.3 is 15.3 Å². The Hall–Kier alpha value is -1.49. The van der Waals surface area contributed by atoms with Crippen LogP contribution in [0.5, 0.6) is 0 Å². The molecule has 0 aromatic heterocycles. The minimum atomic E-state index is -0.812. The molecule has 0 radical (unpaired) electrons. The van der Waals surface area contributed by atoms with Crippen LogP contribution < -0.4 is 0 Å². The summed E-state index contributed by atoms with van der Waals surface area (Å²) in [4.78, 5) is 11.6. The van der Waals surface area contributed by atoms with Gasteiger partial charge in [-0.05, 0) is 111 Å². The van der Waals surface area contributed by atoms with Gasteiger partial charge >= 0.3 is 0 Å². The normalized spacial score (nSPS) is 28.5. The van der Waals surface area contributed by atoms with Crippen molar-refractivity contribution in [1.82, 2.24) is 0 Å². The monoisotopic (exact) mass is 474 g/mol. The Morgan fingerprint density at radius 1 is 1.09 bits per heavy atom. The molecule has 194 valence electrons. The lowest BCUT2D eigenvalue weighted by atomic mass is 9.54. The van der Waals surface area contributed by atoms with Crippen molar-refractivity contribution in [1.29, 1.82) is 0 Å². The molecule has 0 saturated heterocycles. The maximum Gasteiger partial charge on any atom is 0.145 e. The standard InChI is InChI=1S/C30H50O4/c1-22(2)19-26(33)20-24(4)12-8-11-23(3)13-9-16-29(6)28(14-10-18-31)27(25(5)21-32)15-17-30(29,7)34/h12-13,19,21,26,28,31,33-34H,8-11,14-18,20H2,1-7H3/b23-13-,24-12+,27-25+/t26-,28+,29+,30+/m0/s1. The summed E-state index contributed by atoms with van der Waals surface area (Å²) in [6.07, 6.45) is 14.1. The van der Waals surface area contributed by atoms with Gasteiger partial charge in [0.15, 0.2) is 0 Å². The summed E-state index contributed by atoms with van der Waals surface area (Å²) in [5.74, 6) is 0.0973. The van der Waals surface area contributed by atoms with E-state index in [1.165, 1.54) is 11.1 Å². The van der Waals surface area contributed by atoms with Gasteiger partial charge in [0.2, 0.25) is 0 Å². The minimum Gasteiger partial charge on any atom is -0.396 e. The number of aldehydes is 1. The first-order valence-corrected chi connectivity index (χ1v) is 13.0. The van der Waals surface area contributed by atoms with E-state index in [9.17, 15) is 20.1 Å². The van der Waals surface area contributed by atoms with E-state index < -0.39 is 11.7 Å². The van der Waals surface area contributed by atoms with Gasteiger partial charge in [-0.2, -0.15) is 0 Å². The molecule has 1 aliphatic rings. The van der Waals surface area contributed by atoms with E-state index in [0.29, 0.717) is 19.3 Å². The van der Waals surface area contributed by atoms with Crippen LogP contribution in [0.25, 0.3) is 0 Å². The molecular formula is C30H50O4. The first-order chi connectivity index (χ1) is 15.9. The zero-order chi connectivity index (χ0) is 25.9. The Morgan fingerprint density at radius 2 is 1.74 bits per heavy atom. The molecule has 0 heterocycles. The molecule has 1 aliphatic carbocycles. The predicted octanol–water partition coefficient (Wildman–Crippen LogP) is 6.61. The predicted molar refractivity (Wildman–Crippen MR) is 143 cm³/mol. The van der Waals surface area contributed by atoms with Gasteiger partial charge in [0.05, 0.1) is 11.7 Å². The van der Waals surface area contributed by atoms with Crippen LogP contribution in [0.2, 0.25) is 0 Å². The van der Waals surface area contributed by atoms with Gasteiger partial charge in [-0.3, -0.25) is 4.79 Å². The lowest BCUT2D eigenvalue weighted by Crippen LogP contribution is -2.52. The highest BCUT2D eigenvalue weighted by Gasteiger charge is 2.51. The Labute approximate surface area is 208 Å². The number of aliphatic hydroxyl groups is 3. The van der Waals surface area contributed by atoms with Crippen LogP contribution in [0.4, 0.5) is 0 Å². The van der Waals surface area contributed by atoms with Gasteiger partial charge in [-0.25, -0.2) is 0 Å². The fourth-order valence-corrected chi connectivity index (χ4v) is 5.50. The first-order valence-electron chi connectivity index (χ1n) is 13.0. The van der Waals surface area contributed by atoms with E-state index in [2.05, 4.69) is 32.9 Å². The highest BCUT2D eigenvalue weighted by atomic mass is 16.3. The number of hydrogen-bond donors (Lipinski definition) is 3. The molecule has 1 fully saturated rings. The fourth-order valence-electron chi connectivity index (χ4n) is 5.50. The van der Waals surface area contributed by atoms with Crippen molar-refractivity contribution in [2.24, 2.45) is 11.3 Å². The topological polar surface area (TPSA) is 77.8 Å². The molecule has 4 heteroatoms. The maximum absolute atomic E-state index is 11.6. The first kappa shape index (κ1) is 30.5. The molecule has 0 amide bonds. The van der Waals surface area contributed by atoms with Crippen molar-refractivity contribution in [2.45, 2.75) is 118 Å². The molecule has 0 bridgehead atoms. The van der Waals surface area contributed by atoms with E-state index in [4.69, 9.17) is 0 Å². The Bertz CT molecular complexity index is 780. The summed E-state index contributed by atoms with van der Waals surface area (Å²) in [7, 11) is 0. The minimum absolute atomic E-state index is 0.0973. The van der Waals surface area contributed by atoms with Crippen LogP contribution in [0.1, 0.15) is 106 Å². The number of rotatable bonds is 13. The van der Waals surface area contributed by atoms with E-state index >= 15 is 0 Å². The highest BCUT2D eigenvalue weighted by Crippen LogP contribution is 2.55. The SMILES string of the molecule is CC(C)=C[C@H](O)C/C(C)=C/CC/C(C)=C\CC[C@]1(C)[C@H](CCCO)/C(=C(\C)C=O)CC[C@@]1(C)O. The smallest absolute Gasteiger partial charge is 0.145 e. The molecule has 0 unspecified atom stereocenters. The molecule has 0 aromatic carbocycles. The Morgan fingerprint density at radius 3 is 2.32 bits per heavy atom. The average molecular weight is 475 g/mol. The summed E-state index contributed by atoms with van der Waals surface area (Å²) in [5, 5.41) is 30.9. The maximum atomic E-state index is 11.6. The number of carbonyl (C=O) groups excluding carboxylic acids is 1. The summed E-state index contributed by atoms with van der Waals surface area (Å²) in [6, 6.07) is 0.